The molecule has 0 radical (unpaired) electrons. The highest BCUT2D eigenvalue weighted by Crippen LogP contribution is 2.45. The molecule has 0 aromatic heterocycles. The summed E-state index contributed by atoms with van der Waals surface area (Å²) < 4.78 is 5.71. The van der Waals surface area contributed by atoms with Crippen LogP contribution in [0.4, 0.5) is 0 Å². The first kappa shape index (κ1) is 16.5. The number of benzene rings is 1. The van der Waals surface area contributed by atoms with Crippen LogP contribution in [0.3, 0.4) is 0 Å². The molecule has 2 rings (SSSR count). The van der Waals surface area contributed by atoms with Crippen molar-refractivity contribution in [2.45, 2.75) is 39.3 Å². The van der Waals surface area contributed by atoms with Gasteiger partial charge in [-0.3, -0.25) is 9.59 Å². The summed E-state index contributed by atoms with van der Waals surface area (Å²) in [5.41, 5.74) is 6.02. The maximum atomic E-state index is 12.6. The van der Waals surface area contributed by atoms with E-state index in [4.69, 9.17) is 10.5 Å². The van der Waals surface area contributed by atoms with Gasteiger partial charge in [0.25, 0.3) is 5.91 Å². The van der Waals surface area contributed by atoms with Crippen molar-refractivity contribution in [3.8, 4) is 0 Å². The average molecular weight is 304 g/mol. The predicted octanol–water partition coefficient (Wildman–Crippen LogP) is 2.06. The molecule has 1 aromatic carbocycles. The van der Waals surface area contributed by atoms with Crippen LogP contribution in [0.1, 0.15) is 47.9 Å². The summed E-state index contributed by atoms with van der Waals surface area (Å²) in [7, 11) is 1.80. The van der Waals surface area contributed by atoms with Crippen LogP contribution in [0.2, 0.25) is 0 Å². The van der Waals surface area contributed by atoms with Crippen molar-refractivity contribution in [2.75, 3.05) is 13.7 Å². The van der Waals surface area contributed by atoms with E-state index in [9.17, 15) is 9.59 Å². The van der Waals surface area contributed by atoms with E-state index in [-0.39, 0.29) is 23.5 Å². The molecule has 0 aliphatic heterocycles. The van der Waals surface area contributed by atoms with E-state index in [1.807, 2.05) is 6.92 Å². The molecule has 1 aliphatic carbocycles. The van der Waals surface area contributed by atoms with Gasteiger partial charge in [0, 0.05) is 36.2 Å². The second-order valence-corrected chi connectivity index (χ2v) is 6.38. The number of ether oxygens (including phenoxy) is 1. The lowest BCUT2D eigenvalue weighted by atomic mass is 9.63. The molecule has 1 saturated carbocycles. The zero-order valence-corrected chi connectivity index (χ0v) is 13.6. The van der Waals surface area contributed by atoms with Crippen LogP contribution >= 0.6 is 0 Å². The summed E-state index contributed by atoms with van der Waals surface area (Å²) in [6.45, 7) is 6.89. The summed E-state index contributed by atoms with van der Waals surface area (Å²) in [4.78, 5) is 25.6. The first-order chi connectivity index (χ1) is 10.3. The van der Waals surface area contributed by atoms with E-state index in [0.717, 1.165) is 6.42 Å². The quantitative estimate of drug-likeness (QED) is 0.905. The summed E-state index contributed by atoms with van der Waals surface area (Å²) in [5, 5.41) is 0. The number of hydrogen-bond acceptors (Lipinski definition) is 3. The van der Waals surface area contributed by atoms with Gasteiger partial charge in [0.2, 0.25) is 5.91 Å². The largest absolute Gasteiger partial charge is 0.378 e. The van der Waals surface area contributed by atoms with Gasteiger partial charge in [-0.1, -0.05) is 19.9 Å². The monoisotopic (exact) mass is 304 g/mol. The van der Waals surface area contributed by atoms with Crippen LogP contribution in [-0.4, -0.2) is 42.5 Å². The molecule has 5 nitrogen and oxygen atoms in total. The second kappa shape index (κ2) is 6.08. The first-order valence-electron chi connectivity index (χ1n) is 7.57. The Hall–Kier alpha value is -1.88. The van der Waals surface area contributed by atoms with Crippen molar-refractivity contribution in [3.05, 3.63) is 35.4 Å². The van der Waals surface area contributed by atoms with Gasteiger partial charge in [-0.15, -0.1) is 0 Å². The van der Waals surface area contributed by atoms with Gasteiger partial charge in [-0.25, -0.2) is 0 Å². The van der Waals surface area contributed by atoms with E-state index in [1.54, 1.807) is 36.2 Å². The van der Waals surface area contributed by atoms with Crippen LogP contribution in [0, 0.1) is 5.41 Å². The zero-order valence-electron chi connectivity index (χ0n) is 13.6. The molecule has 0 bridgehead atoms. The van der Waals surface area contributed by atoms with Gasteiger partial charge in [-0.05, 0) is 31.5 Å². The molecule has 22 heavy (non-hydrogen) atoms. The number of carbonyl (C=O) groups excluding carboxylic acids is 2. The Labute approximate surface area is 131 Å². The summed E-state index contributed by atoms with van der Waals surface area (Å²) >= 11 is 0. The van der Waals surface area contributed by atoms with Gasteiger partial charge >= 0.3 is 0 Å². The molecule has 2 amide bonds. The Balaban J connectivity index is 2.14. The number of primary amides is 1. The molecular weight excluding hydrogens is 280 g/mol. The van der Waals surface area contributed by atoms with Crippen molar-refractivity contribution in [3.63, 3.8) is 0 Å². The van der Waals surface area contributed by atoms with Gasteiger partial charge in [0.15, 0.2) is 0 Å². The molecular formula is C17H24N2O3. The van der Waals surface area contributed by atoms with Crippen molar-refractivity contribution in [2.24, 2.45) is 11.1 Å². The molecule has 2 unspecified atom stereocenters. The number of carbonyl (C=O) groups is 2. The molecule has 0 saturated heterocycles. The Kier molecular flexibility index (Phi) is 4.56. The third kappa shape index (κ3) is 2.86. The third-order valence-corrected chi connectivity index (χ3v) is 4.68. The van der Waals surface area contributed by atoms with Crippen LogP contribution in [0.5, 0.6) is 0 Å². The van der Waals surface area contributed by atoms with Crippen molar-refractivity contribution in [1.82, 2.24) is 4.90 Å². The lowest BCUT2D eigenvalue weighted by Gasteiger charge is -2.54. The predicted molar refractivity (Wildman–Crippen MR) is 84.7 cm³/mol. The average Bonchev–Trinajstić information content (AvgIpc) is 2.49. The number of rotatable bonds is 5. The van der Waals surface area contributed by atoms with E-state index in [0.29, 0.717) is 17.7 Å². The van der Waals surface area contributed by atoms with Crippen molar-refractivity contribution >= 4 is 11.8 Å². The Morgan fingerprint density at radius 3 is 2.55 bits per heavy atom. The Morgan fingerprint density at radius 2 is 2.00 bits per heavy atom. The fourth-order valence-electron chi connectivity index (χ4n) is 3.16. The SMILES string of the molecule is CCOC1CC(N(C)C(=O)c2cccc(C(N)=O)c2)C1(C)C. The minimum atomic E-state index is -0.530. The van der Waals surface area contributed by atoms with Gasteiger partial charge in [-0.2, -0.15) is 0 Å². The lowest BCUT2D eigenvalue weighted by Crippen LogP contribution is -2.62. The number of nitrogens with zero attached hydrogens (tertiary/aromatic N) is 1. The molecule has 1 aliphatic rings. The molecule has 1 aromatic rings. The van der Waals surface area contributed by atoms with Crippen LogP contribution < -0.4 is 5.73 Å². The molecule has 1 fully saturated rings. The van der Waals surface area contributed by atoms with E-state index in [1.165, 1.54) is 0 Å². The van der Waals surface area contributed by atoms with Crippen molar-refractivity contribution in [1.29, 1.82) is 0 Å². The van der Waals surface area contributed by atoms with E-state index in [2.05, 4.69) is 13.8 Å². The highest BCUT2D eigenvalue weighted by Gasteiger charge is 2.51. The van der Waals surface area contributed by atoms with Crippen LogP contribution in [-0.2, 0) is 4.74 Å². The molecule has 2 atom stereocenters. The van der Waals surface area contributed by atoms with Gasteiger partial charge in [0.05, 0.1) is 6.10 Å². The zero-order chi connectivity index (χ0) is 16.5. The number of nitrogens with two attached hydrogens (primary N) is 1. The summed E-state index contributed by atoms with van der Waals surface area (Å²) in [5.74, 6) is -0.631. The highest BCUT2D eigenvalue weighted by atomic mass is 16.5. The van der Waals surface area contributed by atoms with Gasteiger partial charge in [0.1, 0.15) is 0 Å². The van der Waals surface area contributed by atoms with E-state index >= 15 is 0 Å². The first-order valence-corrected chi connectivity index (χ1v) is 7.57. The highest BCUT2D eigenvalue weighted by molar-refractivity contribution is 5.99. The summed E-state index contributed by atoms with van der Waals surface area (Å²) in [6.07, 6.45) is 1.01. The third-order valence-electron chi connectivity index (χ3n) is 4.68. The maximum absolute atomic E-state index is 12.6. The van der Waals surface area contributed by atoms with Gasteiger partial charge < -0.3 is 15.4 Å². The van der Waals surface area contributed by atoms with Crippen LogP contribution in [0.25, 0.3) is 0 Å². The van der Waals surface area contributed by atoms with E-state index < -0.39 is 5.91 Å². The molecule has 0 heterocycles. The summed E-state index contributed by atoms with van der Waals surface area (Å²) in [6, 6.07) is 6.66. The number of amides is 2. The van der Waals surface area contributed by atoms with Crippen LogP contribution in [0.15, 0.2) is 24.3 Å². The minimum Gasteiger partial charge on any atom is -0.378 e. The normalized spacial score (nSPS) is 22.7. The molecule has 120 valence electrons. The Bertz CT molecular complexity index is 583. The standard InChI is InChI=1S/C17H24N2O3/c1-5-22-14-10-13(17(14,2)3)19(4)16(21)12-8-6-7-11(9-12)15(18)20/h6-9,13-14H,5,10H2,1-4H3,(H2,18,20). The molecule has 2 N–H and O–H groups in total. The lowest BCUT2D eigenvalue weighted by molar-refractivity contribution is -0.136. The second-order valence-electron chi connectivity index (χ2n) is 6.38. The molecule has 0 spiro atoms. The molecule has 5 heteroatoms. The van der Waals surface area contributed by atoms with Crippen molar-refractivity contribution < 1.29 is 14.3 Å². The smallest absolute Gasteiger partial charge is 0.253 e. The Morgan fingerprint density at radius 1 is 1.36 bits per heavy atom. The minimum absolute atomic E-state index is 0.0816. The fourth-order valence-corrected chi connectivity index (χ4v) is 3.16. The number of hydrogen-bond donors (Lipinski definition) is 1. The topological polar surface area (TPSA) is 72.6 Å². The fraction of sp³-hybridized carbons (Fsp3) is 0.529. The maximum Gasteiger partial charge on any atom is 0.253 e.